The highest BCUT2D eigenvalue weighted by Crippen LogP contribution is 2.26. The largest absolute Gasteiger partial charge is 0.307 e. The molecule has 82 valence electrons. The van der Waals surface area contributed by atoms with E-state index >= 15 is 0 Å². The van der Waals surface area contributed by atoms with Crippen molar-refractivity contribution in [1.82, 2.24) is 9.97 Å². The van der Waals surface area contributed by atoms with Gasteiger partial charge in [-0.15, -0.1) is 0 Å². The highest BCUT2D eigenvalue weighted by atomic mass is 35.5. The van der Waals surface area contributed by atoms with Gasteiger partial charge >= 0.3 is 5.69 Å². The highest BCUT2D eigenvalue weighted by molar-refractivity contribution is 6.40. The smallest absolute Gasteiger partial charge is 0.258 e. The third-order valence-electron chi connectivity index (χ3n) is 1.85. The Morgan fingerprint density at radius 3 is 2.19 bits per heavy atom. The number of aromatic nitrogens is 2. The van der Waals surface area contributed by atoms with Gasteiger partial charge < -0.3 is 0 Å². The molecule has 0 fully saturated rings. The summed E-state index contributed by atoms with van der Waals surface area (Å²) in [7, 11) is 0. The van der Waals surface area contributed by atoms with Gasteiger partial charge in [-0.05, 0) is 0 Å². The quantitative estimate of drug-likeness (QED) is 0.585. The van der Waals surface area contributed by atoms with Crippen molar-refractivity contribution in [2.75, 3.05) is 0 Å². The maximum absolute atomic E-state index is 13.2. The predicted octanol–water partition coefficient (Wildman–Crippen LogP) is 2.98. The van der Waals surface area contributed by atoms with Crippen LogP contribution in [-0.2, 0) is 0 Å². The van der Waals surface area contributed by atoms with Crippen LogP contribution in [0.5, 0.6) is 0 Å². The lowest BCUT2D eigenvalue weighted by molar-refractivity contribution is -0.387. The van der Waals surface area contributed by atoms with Crippen LogP contribution < -0.4 is 0 Å². The summed E-state index contributed by atoms with van der Waals surface area (Å²) in [5.41, 5.74) is -0.458. The van der Waals surface area contributed by atoms with Gasteiger partial charge in [0.2, 0.25) is 5.82 Å². The van der Waals surface area contributed by atoms with Gasteiger partial charge in [0, 0.05) is 12.1 Å². The van der Waals surface area contributed by atoms with E-state index in [2.05, 4.69) is 9.97 Å². The SMILES string of the molecule is O=[N+]([O-])c1cc2nc(Cl)c(Cl)nc2cc1F. The first kappa shape index (κ1) is 11.0. The van der Waals surface area contributed by atoms with Crippen molar-refractivity contribution in [2.45, 2.75) is 0 Å². The Hall–Kier alpha value is -1.53. The lowest BCUT2D eigenvalue weighted by atomic mass is 10.2. The Bertz CT molecular complexity index is 605. The molecule has 0 atom stereocenters. The molecule has 1 heterocycles. The molecule has 0 aliphatic rings. The van der Waals surface area contributed by atoms with Crippen LogP contribution in [0, 0.1) is 15.9 Å². The molecule has 2 aromatic rings. The molecule has 0 saturated carbocycles. The molecule has 16 heavy (non-hydrogen) atoms. The maximum atomic E-state index is 13.2. The van der Waals surface area contributed by atoms with Gasteiger partial charge in [-0.1, -0.05) is 23.2 Å². The van der Waals surface area contributed by atoms with Crippen LogP contribution in [0.25, 0.3) is 11.0 Å². The first-order chi connectivity index (χ1) is 7.49. The van der Waals surface area contributed by atoms with Crippen LogP contribution in [0.4, 0.5) is 10.1 Å². The normalized spacial score (nSPS) is 10.7. The molecule has 0 N–H and O–H groups in total. The zero-order valence-electron chi connectivity index (χ0n) is 7.45. The van der Waals surface area contributed by atoms with Crippen molar-refractivity contribution < 1.29 is 9.31 Å². The van der Waals surface area contributed by atoms with Crippen LogP contribution >= 0.6 is 23.2 Å². The minimum absolute atomic E-state index is 0.0811. The predicted molar refractivity (Wildman–Crippen MR) is 56.2 cm³/mol. The third kappa shape index (κ3) is 1.77. The zero-order chi connectivity index (χ0) is 11.9. The number of nitro groups is 1. The first-order valence-electron chi connectivity index (χ1n) is 3.95. The standard InChI is InChI=1S/C8H2Cl2FN3O2/c9-7-8(10)13-5-2-6(14(15)16)3(11)1-4(5)12-7/h1-2H. The molecule has 0 aliphatic heterocycles. The molecule has 1 aromatic carbocycles. The topological polar surface area (TPSA) is 68.9 Å². The van der Waals surface area contributed by atoms with Gasteiger partial charge in [-0.3, -0.25) is 10.1 Å². The monoisotopic (exact) mass is 261 g/mol. The maximum Gasteiger partial charge on any atom is 0.307 e. The second kappa shape index (κ2) is 3.80. The summed E-state index contributed by atoms with van der Waals surface area (Å²) >= 11 is 11.2. The number of hydrogen-bond acceptors (Lipinski definition) is 4. The average molecular weight is 262 g/mol. The Morgan fingerprint density at radius 1 is 1.19 bits per heavy atom. The first-order valence-corrected chi connectivity index (χ1v) is 4.71. The van der Waals surface area contributed by atoms with Gasteiger partial charge in [0.25, 0.3) is 0 Å². The fraction of sp³-hybridized carbons (Fsp3) is 0. The summed E-state index contributed by atoms with van der Waals surface area (Å²) < 4.78 is 13.2. The fourth-order valence-corrected chi connectivity index (χ4v) is 1.43. The minimum atomic E-state index is -0.995. The molecular formula is C8H2Cl2FN3O2. The van der Waals surface area contributed by atoms with Crippen LogP contribution in [0.1, 0.15) is 0 Å². The summed E-state index contributed by atoms with van der Waals surface area (Å²) in [6, 6.07) is 1.85. The molecule has 0 amide bonds. The number of fused-ring (bicyclic) bond motifs is 1. The zero-order valence-corrected chi connectivity index (χ0v) is 8.96. The summed E-state index contributed by atoms with van der Waals surface area (Å²) in [5, 5.41) is 10.3. The minimum Gasteiger partial charge on any atom is -0.258 e. The molecular weight excluding hydrogens is 260 g/mol. The van der Waals surface area contributed by atoms with Crippen LogP contribution in [0.3, 0.4) is 0 Å². The van der Waals surface area contributed by atoms with E-state index in [-0.39, 0.29) is 21.3 Å². The van der Waals surface area contributed by atoms with Crippen molar-refractivity contribution in [1.29, 1.82) is 0 Å². The van der Waals surface area contributed by atoms with E-state index in [1.165, 1.54) is 0 Å². The molecule has 0 saturated heterocycles. The van der Waals surface area contributed by atoms with Gasteiger partial charge in [0.15, 0.2) is 10.3 Å². The summed E-state index contributed by atoms with van der Waals surface area (Å²) in [6.07, 6.45) is 0. The highest BCUT2D eigenvalue weighted by Gasteiger charge is 2.17. The van der Waals surface area contributed by atoms with E-state index in [9.17, 15) is 14.5 Å². The number of rotatable bonds is 1. The molecule has 0 bridgehead atoms. The van der Waals surface area contributed by atoms with Gasteiger partial charge in [0.05, 0.1) is 16.0 Å². The fourth-order valence-electron chi connectivity index (χ4n) is 1.16. The summed E-state index contributed by atoms with van der Waals surface area (Å²) in [4.78, 5) is 17.1. The van der Waals surface area contributed by atoms with Crippen molar-refractivity contribution in [3.63, 3.8) is 0 Å². The molecule has 0 radical (unpaired) electrons. The van der Waals surface area contributed by atoms with Crippen molar-refractivity contribution >= 4 is 39.9 Å². The van der Waals surface area contributed by atoms with Crippen molar-refractivity contribution in [2.24, 2.45) is 0 Å². The van der Waals surface area contributed by atoms with E-state index in [1.54, 1.807) is 0 Å². The number of hydrogen-bond donors (Lipinski definition) is 0. The molecule has 5 nitrogen and oxygen atoms in total. The van der Waals surface area contributed by atoms with Crippen molar-refractivity contribution in [3.05, 3.63) is 38.4 Å². The Balaban J connectivity index is 2.79. The molecule has 8 heteroatoms. The second-order valence-electron chi connectivity index (χ2n) is 2.85. The van der Waals surface area contributed by atoms with Crippen molar-refractivity contribution in [3.8, 4) is 0 Å². The molecule has 0 unspecified atom stereocenters. The van der Waals surface area contributed by atoms with E-state index in [0.717, 1.165) is 12.1 Å². The summed E-state index contributed by atoms with van der Waals surface area (Å²) in [5.74, 6) is -0.995. The Kier molecular flexibility index (Phi) is 2.61. The Labute approximate surface area is 98.0 Å². The summed E-state index contributed by atoms with van der Waals surface area (Å²) in [6.45, 7) is 0. The molecule has 0 spiro atoms. The van der Waals surface area contributed by atoms with Gasteiger partial charge in [0.1, 0.15) is 0 Å². The van der Waals surface area contributed by atoms with Crippen LogP contribution in [0.15, 0.2) is 12.1 Å². The lowest BCUT2D eigenvalue weighted by Crippen LogP contribution is -1.95. The average Bonchev–Trinajstić information content (AvgIpc) is 2.19. The number of halogens is 3. The van der Waals surface area contributed by atoms with Gasteiger partial charge in [-0.2, -0.15) is 4.39 Å². The second-order valence-corrected chi connectivity index (χ2v) is 3.57. The number of nitrogens with zero attached hydrogens (tertiary/aromatic N) is 3. The van der Waals surface area contributed by atoms with E-state index in [0.29, 0.717) is 0 Å². The van der Waals surface area contributed by atoms with E-state index in [1.807, 2.05) is 0 Å². The molecule has 2 rings (SSSR count). The van der Waals surface area contributed by atoms with E-state index < -0.39 is 16.4 Å². The van der Waals surface area contributed by atoms with Crippen LogP contribution in [-0.4, -0.2) is 14.9 Å². The Morgan fingerprint density at radius 2 is 1.69 bits per heavy atom. The molecule has 0 aliphatic carbocycles. The molecule has 1 aromatic heterocycles. The number of benzene rings is 1. The van der Waals surface area contributed by atoms with E-state index in [4.69, 9.17) is 23.2 Å². The van der Waals surface area contributed by atoms with Gasteiger partial charge in [-0.25, -0.2) is 9.97 Å². The lowest BCUT2D eigenvalue weighted by Gasteiger charge is -2.00. The third-order valence-corrected chi connectivity index (χ3v) is 2.47. The number of nitro benzene ring substituents is 1. The van der Waals surface area contributed by atoms with Crippen LogP contribution in [0.2, 0.25) is 10.3 Å².